The minimum atomic E-state index is -4.73. The van der Waals surface area contributed by atoms with Gasteiger partial charge in [0.15, 0.2) is 0 Å². The largest absolute Gasteiger partial charge is 0.430 e. The Kier molecular flexibility index (Phi) is 5.16. The van der Waals surface area contributed by atoms with Crippen molar-refractivity contribution in [2.24, 2.45) is 0 Å². The van der Waals surface area contributed by atoms with Crippen molar-refractivity contribution in [1.29, 1.82) is 0 Å². The Morgan fingerprint density at radius 2 is 1.89 bits per heavy atom. The zero-order valence-corrected chi connectivity index (χ0v) is 14.9. The van der Waals surface area contributed by atoms with Crippen LogP contribution in [0.5, 0.6) is 11.6 Å². The number of hydrogen-bond acceptors (Lipinski definition) is 5. The highest BCUT2D eigenvalue weighted by Gasteiger charge is 2.33. The average molecular weight is 386 g/mol. The summed E-state index contributed by atoms with van der Waals surface area (Å²) in [6, 6.07) is 2.68. The lowest BCUT2D eigenvalue weighted by molar-refractivity contribution is -0.385. The summed E-state index contributed by atoms with van der Waals surface area (Å²) in [5.74, 6) is -0.590. The Bertz CT molecular complexity index is 885. The molecule has 0 unspecified atom stereocenters. The molecule has 2 aromatic rings. The van der Waals surface area contributed by atoms with Crippen molar-refractivity contribution < 1.29 is 27.6 Å². The minimum Gasteiger partial charge on any atom is -0.430 e. The van der Waals surface area contributed by atoms with E-state index in [0.717, 1.165) is 10.7 Å². The molecule has 146 valence electrons. The molecule has 0 saturated heterocycles. The number of aromatic nitrogens is 2. The van der Waals surface area contributed by atoms with E-state index < -0.39 is 39.7 Å². The maximum Gasteiger partial charge on any atom is 0.416 e. The highest BCUT2D eigenvalue weighted by atomic mass is 19.4. The number of carbonyl (C=O) groups is 1. The van der Waals surface area contributed by atoms with Gasteiger partial charge in [-0.15, -0.1) is 5.10 Å². The summed E-state index contributed by atoms with van der Waals surface area (Å²) in [7, 11) is 0. The van der Waals surface area contributed by atoms with Gasteiger partial charge in [0.05, 0.1) is 16.2 Å². The molecule has 0 bridgehead atoms. The highest BCUT2D eigenvalue weighted by Crippen LogP contribution is 2.37. The predicted octanol–water partition coefficient (Wildman–Crippen LogP) is 4.27. The molecule has 27 heavy (non-hydrogen) atoms. The van der Waals surface area contributed by atoms with Crippen molar-refractivity contribution in [2.45, 2.75) is 39.4 Å². The molecule has 1 aromatic carbocycles. The van der Waals surface area contributed by atoms with E-state index in [9.17, 15) is 28.1 Å². The number of nitro benzene ring substituents is 1. The fourth-order valence-corrected chi connectivity index (χ4v) is 2.11. The molecule has 1 amide bonds. The van der Waals surface area contributed by atoms with Crippen LogP contribution in [0.25, 0.3) is 0 Å². The zero-order valence-electron chi connectivity index (χ0n) is 14.9. The summed E-state index contributed by atoms with van der Waals surface area (Å²) in [6.07, 6.45) is -4.73. The molecule has 0 aliphatic rings. The van der Waals surface area contributed by atoms with Gasteiger partial charge in [0.2, 0.25) is 11.6 Å². The Labute approximate surface area is 152 Å². The van der Waals surface area contributed by atoms with Crippen molar-refractivity contribution in [1.82, 2.24) is 15.1 Å². The van der Waals surface area contributed by atoms with E-state index in [1.54, 1.807) is 27.7 Å². The second-order valence-electron chi connectivity index (χ2n) is 6.76. The Balaban J connectivity index is 2.34. The van der Waals surface area contributed by atoms with Crippen LogP contribution in [-0.4, -0.2) is 26.3 Å². The van der Waals surface area contributed by atoms with Crippen LogP contribution in [0, 0.1) is 17.0 Å². The van der Waals surface area contributed by atoms with E-state index >= 15 is 0 Å². The van der Waals surface area contributed by atoms with Crippen molar-refractivity contribution in [2.75, 3.05) is 0 Å². The second-order valence-corrected chi connectivity index (χ2v) is 6.76. The topological polar surface area (TPSA) is 99.3 Å². The maximum atomic E-state index is 12.7. The first-order chi connectivity index (χ1) is 12.3. The molecule has 0 radical (unpaired) electrons. The molecule has 0 saturated carbocycles. The lowest BCUT2D eigenvalue weighted by atomic mass is 10.1. The molecular formula is C16H17F3N4O4. The van der Waals surface area contributed by atoms with Gasteiger partial charge in [-0.2, -0.15) is 17.9 Å². The van der Waals surface area contributed by atoms with Gasteiger partial charge in [-0.25, -0.2) is 4.79 Å². The summed E-state index contributed by atoms with van der Waals surface area (Å²) in [5, 5.41) is 17.7. The number of ether oxygens (including phenoxy) is 1. The lowest BCUT2D eigenvalue weighted by Gasteiger charge is -2.20. The summed E-state index contributed by atoms with van der Waals surface area (Å²) in [6.45, 7) is 6.87. The van der Waals surface area contributed by atoms with Gasteiger partial charge in [0, 0.05) is 17.7 Å². The van der Waals surface area contributed by atoms with E-state index in [0.29, 0.717) is 17.8 Å². The van der Waals surface area contributed by atoms with Crippen LogP contribution in [0.3, 0.4) is 0 Å². The van der Waals surface area contributed by atoms with E-state index in [2.05, 4.69) is 10.4 Å². The monoisotopic (exact) mass is 386 g/mol. The summed E-state index contributed by atoms with van der Waals surface area (Å²) < 4.78 is 44.5. The standard InChI is InChI=1S/C16H17F3N4O4/c1-9-7-13(21-22(9)14(24)20-15(2,3)4)27-12-6-5-10(16(17,18)19)8-11(12)23(25)26/h5-8H,1-4H3,(H,20,24). The minimum absolute atomic E-state index is 0.167. The third kappa shape index (κ3) is 4.96. The number of amides is 1. The number of aryl methyl sites for hydroxylation is 1. The van der Waals surface area contributed by atoms with Crippen molar-refractivity contribution in [3.05, 3.63) is 45.6 Å². The number of rotatable bonds is 3. The quantitative estimate of drug-likeness (QED) is 0.627. The van der Waals surface area contributed by atoms with E-state index in [1.807, 2.05) is 0 Å². The smallest absolute Gasteiger partial charge is 0.416 e. The van der Waals surface area contributed by atoms with Gasteiger partial charge in [0.25, 0.3) is 0 Å². The highest BCUT2D eigenvalue weighted by molar-refractivity contribution is 5.77. The molecule has 8 nitrogen and oxygen atoms in total. The number of nitrogens with zero attached hydrogens (tertiary/aromatic N) is 3. The molecule has 0 aliphatic carbocycles. The molecule has 0 fully saturated rings. The van der Waals surface area contributed by atoms with E-state index in [4.69, 9.17) is 4.74 Å². The SMILES string of the molecule is Cc1cc(Oc2ccc(C(F)(F)F)cc2[N+](=O)[O-])nn1C(=O)NC(C)(C)C. The number of hydrogen-bond donors (Lipinski definition) is 1. The second kappa shape index (κ2) is 6.89. The van der Waals surface area contributed by atoms with Crippen molar-refractivity contribution >= 4 is 11.7 Å². The number of halogens is 3. The maximum absolute atomic E-state index is 12.7. The fraction of sp³-hybridized carbons (Fsp3) is 0.375. The molecular weight excluding hydrogens is 369 g/mol. The van der Waals surface area contributed by atoms with E-state index in [1.165, 1.54) is 6.07 Å². The number of benzene rings is 1. The Hall–Kier alpha value is -3.11. The average Bonchev–Trinajstić information content (AvgIpc) is 2.85. The number of nitrogens with one attached hydrogen (secondary N) is 1. The Morgan fingerprint density at radius 1 is 1.26 bits per heavy atom. The number of nitro groups is 1. The van der Waals surface area contributed by atoms with Crippen LogP contribution in [-0.2, 0) is 6.18 Å². The van der Waals surface area contributed by atoms with Gasteiger partial charge < -0.3 is 10.1 Å². The molecule has 0 spiro atoms. The number of alkyl halides is 3. The van der Waals surface area contributed by atoms with Gasteiger partial charge in [-0.3, -0.25) is 10.1 Å². The summed E-state index contributed by atoms with van der Waals surface area (Å²) in [5.41, 5.74) is -2.19. The molecule has 1 heterocycles. The molecule has 1 aromatic heterocycles. The molecule has 11 heteroatoms. The lowest BCUT2D eigenvalue weighted by Crippen LogP contribution is -2.43. The van der Waals surface area contributed by atoms with Gasteiger partial charge in [0.1, 0.15) is 0 Å². The number of carbonyl (C=O) groups excluding carboxylic acids is 1. The fourth-order valence-electron chi connectivity index (χ4n) is 2.11. The van der Waals surface area contributed by atoms with Gasteiger partial charge in [-0.1, -0.05) is 0 Å². The molecule has 0 aliphatic heterocycles. The predicted molar refractivity (Wildman–Crippen MR) is 88.8 cm³/mol. The first-order valence-electron chi connectivity index (χ1n) is 7.70. The van der Waals surface area contributed by atoms with Crippen LogP contribution >= 0.6 is 0 Å². The molecule has 2 rings (SSSR count). The summed E-state index contributed by atoms with van der Waals surface area (Å²) in [4.78, 5) is 22.3. The van der Waals surface area contributed by atoms with Crippen molar-refractivity contribution in [3.63, 3.8) is 0 Å². The molecule has 1 N–H and O–H groups in total. The van der Waals surface area contributed by atoms with E-state index in [-0.39, 0.29) is 5.88 Å². The summed E-state index contributed by atoms with van der Waals surface area (Å²) >= 11 is 0. The van der Waals surface area contributed by atoms with Crippen LogP contribution < -0.4 is 10.1 Å². The van der Waals surface area contributed by atoms with Gasteiger partial charge in [-0.05, 0) is 39.8 Å². The third-order valence-corrected chi connectivity index (χ3v) is 3.24. The zero-order chi connectivity index (χ0) is 20.6. The first-order valence-corrected chi connectivity index (χ1v) is 7.70. The third-order valence-electron chi connectivity index (χ3n) is 3.24. The van der Waals surface area contributed by atoms with Crippen LogP contribution in [0.2, 0.25) is 0 Å². The first kappa shape index (κ1) is 20.2. The van der Waals surface area contributed by atoms with Crippen LogP contribution in [0.15, 0.2) is 24.3 Å². The van der Waals surface area contributed by atoms with Crippen LogP contribution in [0.1, 0.15) is 32.0 Å². The Morgan fingerprint density at radius 3 is 2.41 bits per heavy atom. The normalized spacial score (nSPS) is 12.0. The van der Waals surface area contributed by atoms with Gasteiger partial charge >= 0.3 is 17.9 Å². The van der Waals surface area contributed by atoms with Crippen molar-refractivity contribution in [3.8, 4) is 11.6 Å². The molecule has 0 atom stereocenters. The van der Waals surface area contributed by atoms with Crippen LogP contribution in [0.4, 0.5) is 23.7 Å².